The first-order valence-electron chi connectivity index (χ1n) is 4.14. The molecule has 0 spiro atoms. The molecule has 0 bridgehead atoms. The second-order valence-electron chi connectivity index (χ2n) is 2.67. The van der Waals surface area contributed by atoms with Crippen LogP contribution in [0.2, 0.25) is 0 Å². The minimum atomic E-state index is -0.620. The van der Waals surface area contributed by atoms with Crippen LogP contribution in [0, 0.1) is 0 Å². The van der Waals surface area contributed by atoms with Crippen molar-refractivity contribution in [2.45, 2.75) is 12.5 Å². The fourth-order valence-electron chi connectivity index (χ4n) is 0.857. The van der Waals surface area contributed by atoms with E-state index in [9.17, 15) is 5.11 Å². The fourth-order valence-corrected chi connectivity index (χ4v) is 0.857. The van der Waals surface area contributed by atoms with E-state index < -0.39 is 6.10 Å². The van der Waals surface area contributed by atoms with E-state index in [0.29, 0.717) is 12.2 Å². The maximum absolute atomic E-state index is 9.21. The van der Waals surface area contributed by atoms with Gasteiger partial charge in [0.15, 0.2) is 0 Å². The molecule has 0 aliphatic heterocycles. The molecule has 0 saturated heterocycles. The highest BCUT2D eigenvalue weighted by molar-refractivity contribution is 5.15. The maximum Gasteiger partial charge on any atom is 0.137 e. The average Bonchev–Trinajstić information content (AvgIpc) is 2.17. The van der Waals surface area contributed by atoms with Crippen LogP contribution in [-0.2, 0) is 0 Å². The van der Waals surface area contributed by atoms with Crippen LogP contribution < -0.4 is 4.74 Å². The summed E-state index contributed by atoms with van der Waals surface area (Å²) in [6, 6.07) is 3.52. The lowest BCUT2D eigenvalue weighted by Crippen LogP contribution is -2.18. The summed E-state index contributed by atoms with van der Waals surface area (Å²) in [5.74, 6) is 0.625. The van der Waals surface area contributed by atoms with Gasteiger partial charge in [-0.05, 0) is 18.6 Å². The van der Waals surface area contributed by atoms with Gasteiger partial charge in [-0.15, -0.1) is 0 Å². The van der Waals surface area contributed by atoms with Crippen LogP contribution >= 0.6 is 0 Å². The lowest BCUT2D eigenvalue weighted by molar-refractivity contribution is 0.0820. The number of ether oxygens (including phenoxy) is 1. The standard InChI is InChI=1S/C9H13NO3/c11-5-3-8(12)7-13-9-2-1-4-10-6-9/h1-2,4,6,8,11-12H,3,5,7H2. The van der Waals surface area contributed by atoms with E-state index in [1.165, 1.54) is 0 Å². The van der Waals surface area contributed by atoms with Gasteiger partial charge in [0.1, 0.15) is 12.4 Å². The molecule has 13 heavy (non-hydrogen) atoms. The number of hydrogen-bond acceptors (Lipinski definition) is 4. The second-order valence-corrected chi connectivity index (χ2v) is 2.67. The van der Waals surface area contributed by atoms with Crippen LogP contribution in [0.25, 0.3) is 0 Å². The largest absolute Gasteiger partial charge is 0.489 e. The third-order valence-corrected chi connectivity index (χ3v) is 1.54. The zero-order valence-electron chi connectivity index (χ0n) is 7.26. The molecular weight excluding hydrogens is 170 g/mol. The van der Waals surface area contributed by atoms with E-state index in [2.05, 4.69) is 4.98 Å². The zero-order valence-corrected chi connectivity index (χ0v) is 7.26. The minimum Gasteiger partial charge on any atom is -0.489 e. The third kappa shape index (κ3) is 3.87. The molecule has 0 amide bonds. The molecule has 0 aromatic carbocycles. The van der Waals surface area contributed by atoms with E-state index >= 15 is 0 Å². The third-order valence-electron chi connectivity index (χ3n) is 1.54. The molecule has 0 aliphatic carbocycles. The quantitative estimate of drug-likeness (QED) is 0.684. The van der Waals surface area contributed by atoms with Crippen LogP contribution in [0.5, 0.6) is 5.75 Å². The maximum atomic E-state index is 9.21. The van der Waals surface area contributed by atoms with Crippen molar-refractivity contribution in [1.29, 1.82) is 0 Å². The summed E-state index contributed by atoms with van der Waals surface area (Å²) >= 11 is 0. The Balaban J connectivity index is 2.27. The summed E-state index contributed by atoms with van der Waals surface area (Å²) in [7, 11) is 0. The second kappa shape index (κ2) is 5.50. The van der Waals surface area contributed by atoms with Gasteiger partial charge in [0, 0.05) is 12.8 Å². The Morgan fingerprint density at radius 1 is 1.54 bits per heavy atom. The Morgan fingerprint density at radius 2 is 2.38 bits per heavy atom. The highest BCUT2D eigenvalue weighted by Gasteiger charge is 2.03. The summed E-state index contributed by atoms with van der Waals surface area (Å²) in [4.78, 5) is 3.85. The smallest absolute Gasteiger partial charge is 0.137 e. The van der Waals surface area contributed by atoms with Gasteiger partial charge >= 0.3 is 0 Å². The Labute approximate surface area is 76.8 Å². The summed E-state index contributed by atoms with van der Waals surface area (Å²) in [6.45, 7) is 0.157. The van der Waals surface area contributed by atoms with E-state index in [1.54, 1.807) is 24.5 Å². The van der Waals surface area contributed by atoms with E-state index in [1.807, 2.05) is 0 Å². The topological polar surface area (TPSA) is 62.6 Å². The monoisotopic (exact) mass is 183 g/mol. The first-order valence-corrected chi connectivity index (χ1v) is 4.14. The molecule has 0 fully saturated rings. The molecule has 4 heteroatoms. The molecule has 1 aromatic rings. The Bertz CT molecular complexity index is 228. The summed E-state index contributed by atoms with van der Waals surface area (Å²) in [5, 5.41) is 17.7. The predicted octanol–water partition coefficient (Wildman–Crippen LogP) is 0.204. The number of aliphatic hydroxyl groups excluding tert-OH is 2. The average molecular weight is 183 g/mol. The molecule has 1 heterocycles. The van der Waals surface area contributed by atoms with Gasteiger partial charge in [0.25, 0.3) is 0 Å². The molecule has 1 atom stereocenters. The molecule has 0 saturated carbocycles. The lowest BCUT2D eigenvalue weighted by atomic mass is 10.3. The Hall–Kier alpha value is -1.13. The van der Waals surface area contributed by atoms with Crippen LogP contribution in [0.15, 0.2) is 24.5 Å². The number of hydrogen-bond donors (Lipinski definition) is 2. The van der Waals surface area contributed by atoms with E-state index in [-0.39, 0.29) is 13.2 Å². The summed E-state index contributed by atoms with van der Waals surface area (Å²) in [5.41, 5.74) is 0. The van der Waals surface area contributed by atoms with Gasteiger partial charge in [-0.3, -0.25) is 4.98 Å². The molecule has 1 unspecified atom stereocenters. The Kier molecular flexibility index (Phi) is 4.21. The van der Waals surface area contributed by atoms with Gasteiger partial charge in [0.05, 0.1) is 12.3 Å². The van der Waals surface area contributed by atoms with Gasteiger partial charge < -0.3 is 14.9 Å². The first kappa shape index (κ1) is 9.95. The summed E-state index contributed by atoms with van der Waals surface area (Å²) in [6.07, 6.45) is 2.94. The van der Waals surface area contributed by atoms with Crippen molar-refractivity contribution in [3.63, 3.8) is 0 Å². The molecule has 0 radical (unpaired) electrons. The van der Waals surface area contributed by atoms with Crippen molar-refractivity contribution >= 4 is 0 Å². The van der Waals surface area contributed by atoms with Crippen molar-refractivity contribution in [3.8, 4) is 5.75 Å². The SMILES string of the molecule is OCCC(O)COc1cccnc1. The highest BCUT2D eigenvalue weighted by Crippen LogP contribution is 2.06. The number of pyridine rings is 1. The number of rotatable bonds is 5. The minimum absolute atomic E-state index is 0.0302. The van der Waals surface area contributed by atoms with Crippen molar-refractivity contribution in [3.05, 3.63) is 24.5 Å². The van der Waals surface area contributed by atoms with Crippen molar-refractivity contribution in [1.82, 2.24) is 4.98 Å². The van der Waals surface area contributed by atoms with Gasteiger partial charge in [-0.25, -0.2) is 0 Å². The lowest BCUT2D eigenvalue weighted by Gasteiger charge is -2.10. The molecule has 2 N–H and O–H groups in total. The van der Waals surface area contributed by atoms with E-state index in [0.717, 1.165) is 0 Å². The highest BCUT2D eigenvalue weighted by atomic mass is 16.5. The van der Waals surface area contributed by atoms with Crippen LogP contribution in [0.3, 0.4) is 0 Å². The number of aromatic nitrogens is 1. The summed E-state index contributed by atoms with van der Waals surface area (Å²) < 4.78 is 5.20. The van der Waals surface area contributed by atoms with Gasteiger partial charge in [-0.1, -0.05) is 0 Å². The molecule has 72 valence electrons. The fraction of sp³-hybridized carbons (Fsp3) is 0.444. The number of nitrogens with zero attached hydrogens (tertiary/aromatic N) is 1. The van der Waals surface area contributed by atoms with Crippen LogP contribution in [0.4, 0.5) is 0 Å². The molecule has 1 aromatic heterocycles. The van der Waals surface area contributed by atoms with Crippen LogP contribution in [-0.4, -0.2) is 34.5 Å². The zero-order chi connectivity index (χ0) is 9.52. The van der Waals surface area contributed by atoms with Gasteiger partial charge in [0.2, 0.25) is 0 Å². The van der Waals surface area contributed by atoms with Crippen molar-refractivity contribution in [2.75, 3.05) is 13.2 Å². The molecule has 1 rings (SSSR count). The predicted molar refractivity (Wildman–Crippen MR) is 47.4 cm³/mol. The first-order chi connectivity index (χ1) is 6.33. The Morgan fingerprint density at radius 3 is 3.00 bits per heavy atom. The van der Waals surface area contributed by atoms with Crippen molar-refractivity contribution < 1.29 is 14.9 Å². The van der Waals surface area contributed by atoms with E-state index in [4.69, 9.17) is 9.84 Å². The van der Waals surface area contributed by atoms with Gasteiger partial charge in [-0.2, -0.15) is 0 Å². The molecule has 4 nitrogen and oxygen atoms in total. The number of aliphatic hydroxyl groups is 2. The molecule has 0 aliphatic rings. The molecular formula is C9H13NO3. The normalized spacial score (nSPS) is 12.5. The van der Waals surface area contributed by atoms with Crippen LogP contribution in [0.1, 0.15) is 6.42 Å². The van der Waals surface area contributed by atoms with Crippen molar-refractivity contribution in [2.24, 2.45) is 0 Å².